The van der Waals surface area contributed by atoms with Gasteiger partial charge in [-0.1, -0.05) is 41.9 Å². The predicted octanol–water partition coefficient (Wildman–Crippen LogP) is 3.61. The fourth-order valence-electron chi connectivity index (χ4n) is 2.65. The molecule has 1 aliphatic heterocycles. The number of hydrogen-bond donors (Lipinski definition) is 3. The molecule has 1 atom stereocenters. The molecule has 0 fully saturated rings. The Hall–Kier alpha value is -2.79. The number of amides is 3. The van der Waals surface area contributed by atoms with Crippen LogP contribution in [0.25, 0.3) is 0 Å². The van der Waals surface area contributed by atoms with E-state index in [9.17, 15) is 9.59 Å². The maximum atomic E-state index is 12.8. The van der Waals surface area contributed by atoms with Crippen molar-refractivity contribution in [2.75, 3.05) is 5.32 Å². The Morgan fingerprint density at radius 3 is 2.58 bits per heavy atom. The van der Waals surface area contributed by atoms with Crippen molar-refractivity contribution >= 4 is 29.2 Å². The number of benzene rings is 2. The predicted molar refractivity (Wildman–Crippen MR) is 93.6 cm³/mol. The quantitative estimate of drug-likeness (QED) is 0.798. The zero-order chi connectivity index (χ0) is 17.1. The van der Waals surface area contributed by atoms with Gasteiger partial charge in [0, 0.05) is 16.4 Å². The number of hydrogen-bond acceptors (Lipinski definition) is 2. The number of rotatable bonds is 3. The molecule has 1 heterocycles. The Labute approximate surface area is 144 Å². The van der Waals surface area contributed by atoms with Gasteiger partial charge in [0.05, 0.1) is 11.6 Å². The van der Waals surface area contributed by atoms with Crippen molar-refractivity contribution < 1.29 is 9.59 Å². The summed E-state index contributed by atoms with van der Waals surface area (Å²) in [5.41, 5.74) is 2.39. The summed E-state index contributed by atoms with van der Waals surface area (Å²) < 4.78 is 0. The molecule has 0 saturated heterocycles. The third-order valence-corrected chi connectivity index (χ3v) is 3.96. The van der Waals surface area contributed by atoms with E-state index in [1.165, 1.54) is 0 Å². The summed E-state index contributed by atoms with van der Waals surface area (Å²) in [6.45, 7) is 1.70. The van der Waals surface area contributed by atoms with Gasteiger partial charge in [0.25, 0.3) is 5.91 Å². The molecule has 3 amide bonds. The van der Waals surface area contributed by atoms with Crippen LogP contribution in [0.5, 0.6) is 0 Å². The molecule has 0 saturated carbocycles. The molecule has 2 aromatic rings. The third-order valence-electron chi connectivity index (χ3n) is 3.73. The van der Waals surface area contributed by atoms with Gasteiger partial charge in [0.15, 0.2) is 0 Å². The molecule has 0 unspecified atom stereocenters. The summed E-state index contributed by atoms with van der Waals surface area (Å²) in [4.78, 5) is 24.6. The van der Waals surface area contributed by atoms with Crippen molar-refractivity contribution in [1.29, 1.82) is 0 Å². The van der Waals surface area contributed by atoms with E-state index < -0.39 is 6.04 Å². The van der Waals surface area contributed by atoms with Gasteiger partial charge >= 0.3 is 6.03 Å². The maximum absolute atomic E-state index is 12.8. The lowest BCUT2D eigenvalue weighted by Crippen LogP contribution is -2.45. The van der Waals surface area contributed by atoms with Gasteiger partial charge in [0.1, 0.15) is 0 Å². The highest BCUT2D eigenvalue weighted by Gasteiger charge is 2.31. The van der Waals surface area contributed by atoms with Crippen molar-refractivity contribution in [3.63, 3.8) is 0 Å². The number of nitrogens with one attached hydrogen (secondary N) is 3. The SMILES string of the molecule is CC1=C(C(=O)Nc2ccccc2)[C@@H](c2cccc(Cl)c2)NC(=O)N1. The molecule has 0 aliphatic carbocycles. The summed E-state index contributed by atoms with van der Waals surface area (Å²) in [7, 11) is 0. The Morgan fingerprint density at radius 1 is 1.12 bits per heavy atom. The van der Waals surface area contributed by atoms with Crippen molar-refractivity contribution in [2.24, 2.45) is 0 Å². The lowest BCUT2D eigenvalue weighted by atomic mass is 9.95. The molecule has 0 spiro atoms. The van der Waals surface area contributed by atoms with E-state index in [4.69, 9.17) is 11.6 Å². The van der Waals surface area contributed by atoms with Crippen LogP contribution >= 0.6 is 11.6 Å². The molecule has 6 heteroatoms. The molecule has 0 bridgehead atoms. The average molecular weight is 342 g/mol. The number of carbonyl (C=O) groups excluding carboxylic acids is 2. The highest BCUT2D eigenvalue weighted by atomic mass is 35.5. The van der Waals surface area contributed by atoms with Crippen molar-refractivity contribution in [1.82, 2.24) is 10.6 Å². The van der Waals surface area contributed by atoms with Crippen molar-refractivity contribution in [3.05, 3.63) is 76.5 Å². The Kier molecular flexibility index (Phi) is 4.53. The first kappa shape index (κ1) is 16.1. The summed E-state index contributed by atoms with van der Waals surface area (Å²) >= 11 is 6.05. The van der Waals surface area contributed by atoms with Gasteiger partial charge in [0.2, 0.25) is 0 Å². The monoisotopic (exact) mass is 341 g/mol. The topological polar surface area (TPSA) is 70.2 Å². The van der Waals surface area contributed by atoms with Crippen LogP contribution in [0.4, 0.5) is 10.5 Å². The summed E-state index contributed by atoms with van der Waals surface area (Å²) in [6, 6.07) is 15.3. The second kappa shape index (κ2) is 6.76. The highest BCUT2D eigenvalue weighted by Crippen LogP contribution is 2.29. The maximum Gasteiger partial charge on any atom is 0.319 e. The minimum Gasteiger partial charge on any atom is -0.327 e. The number of halogens is 1. The minimum absolute atomic E-state index is 0.281. The molecule has 5 nitrogen and oxygen atoms in total. The highest BCUT2D eigenvalue weighted by molar-refractivity contribution is 6.30. The number of anilines is 1. The third kappa shape index (κ3) is 3.41. The average Bonchev–Trinajstić information content (AvgIpc) is 2.55. The zero-order valence-corrected chi connectivity index (χ0v) is 13.7. The fraction of sp³-hybridized carbons (Fsp3) is 0.111. The van der Waals surface area contributed by atoms with Crippen LogP contribution in [0.3, 0.4) is 0 Å². The van der Waals surface area contributed by atoms with Crippen LogP contribution < -0.4 is 16.0 Å². The number of carbonyl (C=O) groups is 2. The molecule has 3 N–H and O–H groups in total. The summed E-state index contributed by atoms with van der Waals surface area (Å²) in [5.74, 6) is -0.281. The minimum atomic E-state index is -0.568. The van der Waals surface area contributed by atoms with E-state index in [0.717, 1.165) is 5.56 Å². The van der Waals surface area contributed by atoms with Gasteiger partial charge in [-0.3, -0.25) is 4.79 Å². The zero-order valence-electron chi connectivity index (χ0n) is 13.0. The van der Waals surface area contributed by atoms with Crippen LogP contribution in [0.1, 0.15) is 18.5 Å². The van der Waals surface area contributed by atoms with Crippen molar-refractivity contribution in [3.8, 4) is 0 Å². The lowest BCUT2D eigenvalue weighted by Gasteiger charge is -2.28. The first-order valence-corrected chi connectivity index (χ1v) is 7.82. The van der Waals surface area contributed by atoms with E-state index in [1.807, 2.05) is 24.3 Å². The molecule has 1 aliphatic rings. The standard InChI is InChI=1S/C18H16ClN3O2/c1-11-15(17(23)21-14-8-3-2-4-9-14)16(22-18(24)20-11)12-6-5-7-13(19)10-12/h2-10,16H,1H3,(H,21,23)(H2,20,22,24)/t16-/m1/s1. The molecule has 24 heavy (non-hydrogen) atoms. The number of allylic oxidation sites excluding steroid dienone is 1. The Balaban J connectivity index is 1.96. The van der Waals surface area contributed by atoms with Crippen LogP contribution in [0.15, 0.2) is 65.9 Å². The van der Waals surface area contributed by atoms with Crippen LogP contribution in [-0.2, 0) is 4.79 Å². The van der Waals surface area contributed by atoms with E-state index in [-0.39, 0.29) is 11.9 Å². The van der Waals surface area contributed by atoms with E-state index in [0.29, 0.717) is 22.0 Å². The van der Waals surface area contributed by atoms with Gasteiger partial charge in [-0.2, -0.15) is 0 Å². The second-order valence-electron chi connectivity index (χ2n) is 5.45. The van der Waals surface area contributed by atoms with Gasteiger partial charge in [-0.05, 0) is 36.8 Å². The normalized spacial score (nSPS) is 17.1. The molecule has 122 valence electrons. The van der Waals surface area contributed by atoms with Gasteiger partial charge < -0.3 is 16.0 Å². The van der Waals surface area contributed by atoms with Gasteiger partial charge in [-0.15, -0.1) is 0 Å². The second-order valence-corrected chi connectivity index (χ2v) is 5.88. The lowest BCUT2D eigenvalue weighted by molar-refractivity contribution is -0.113. The number of para-hydroxylation sites is 1. The fourth-order valence-corrected chi connectivity index (χ4v) is 2.85. The Morgan fingerprint density at radius 2 is 1.88 bits per heavy atom. The Bertz CT molecular complexity index is 818. The molecule has 0 aromatic heterocycles. The largest absolute Gasteiger partial charge is 0.327 e. The van der Waals surface area contributed by atoms with Crippen LogP contribution in [-0.4, -0.2) is 11.9 Å². The van der Waals surface area contributed by atoms with E-state index >= 15 is 0 Å². The molecule has 3 rings (SSSR count). The molecule has 0 radical (unpaired) electrons. The van der Waals surface area contributed by atoms with E-state index in [1.54, 1.807) is 37.3 Å². The summed E-state index contributed by atoms with van der Waals surface area (Å²) in [5, 5.41) is 8.82. The van der Waals surface area contributed by atoms with Crippen molar-refractivity contribution in [2.45, 2.75) is 13.0 Å². The molecular weight excluding hydrogens is 326 g/mol. The first-order valence-electron chi connectivity index (χ1n) is 7.45. The smallest absolute Gasteiger partial charge is 0.319 e. The molecular formula is C18H16ClN3O2. The van der Waals surface area contributed by atoms with Crippen LogP contribution in [0, 0.1) is 0 Å². The number of urea groups is 1. The first-order chi connectivity index (χ1) is 11.5. The van der Waals surface area contributed by atoms with Gasteiger partial charge in [-0.25, -0.2) is 4.79 Å². The van der Waals surface area contributed by atoms with E-state index in [2.05, 4.69) is 16.0 Å². The molecule has 2 aromatic carbocycles. The summed E-state index contributed by atoms with van der Waals surface area (Å²) in [6.07, 6.45) is 0. The van der Waals surface area contributed by atoms with Crippen LogP contribution in [0.2, 0.25) is 5.02 Å².